The summed E-state index contributed by atoms with van der Waals surface area (Å²) in [6.45, 7) is 0.258. The monoisotopic (exact) mass is 238 g/mol. The zero-order valence-electron chi connectivity index (χ0n) is 9.61. The van der Waals surface area contributed by atoms with Gasteiger partial charge in [0.1, 0.15) is 12.2 Å². The van der Waals surface area contributed by atoms with Gasteiger partial charge in [-0.1, -0.05) is 12.2 Å². The Bertz CT molecular complexity index is 323. The van der Waals surface area contributed by atoms with Crippen LogP contribution in [-0.4, -0.2) is 47.8 Å². The minimum Gasteiger partial charge on any atom is -0.394 e. The first-order valence-corrected chi connectivity index (χ1v) is 6.54. The van der Waals surface area contributed by atoms with E-state index in [0.29, 0.717) is 23.7 Å². The highest BCUT2D eigenvalue weighted by Gasteiger charge is 2.62. The lowest BCUT2D eigenvalue weighted by Crippen LogP contribution is -2.31. The van der Waals surface area contributed by atoms with Gasteiger partial charge in [-0.25, -0.2) is 0 Å². The van der Waals surface area contributed by atoms with Crippen molar-refractivity contribution in [2.75, 3.05) is 13.2 Å². The molecule has 0 aromatic heterocycles. The first-order valence-electron chi connectivity index (χ1n) is 6.54. The van der Waals surface area contributed by atoms with Gasteiger partial charge in [0.25, 0.3) is 0 Å². The van der Waals surface area contributed by atoms with E-state index in [9.17, 15) is 0 Å². The van der Waals surface area contributed by atoms with Crippen molar-refractivity contribution in [3.63, 3.8) is 0 Å². The van der Waals surface area contributed by atoms with Gasteiger partial charge in [-0.2, -0.15) is 0 Å². The Morgan fingerprint density at radius 1 is 0.882 bits per heavy atom. The molecule has 4 heteroatoms. The van der Waals surface area contributed by atoms with Crippen molar-refractivity contribution in [3.05, 3.63) is 12.2 Å². The molecule has 4 aliphatic rings. The third-order valence-corrected chi connectivity index (χ3v) is 4.95. The van der Waals surface area contributed by atoms with E-state index in [1.54, 1.807) is 0 Å². The maximum Gasteiger partial charge on any atom is 0.107 e. The van der Waals surface area contributed by atoms with E-state index in [-0.39, 0.29) is 37.6 Å². The molecule has 0 spiro atoms. The van der Waals surface area contributed by atoms with Crippen LogP contribution in [0.15, 0.2) is 12.2 Å². The summed E-state index contributed by atoms with van der Waals surface area (Å²) in [5.74, 6) is 2.16. The Morgan fingerprint density at radius 3 is 1.71 bits per heavy atom. The maximum absolute atomic E-state index is 9.13. The van der Waals surface area contributed by atoms with Crippen LogP contribution in [0.1, 0.15) is 6.42 Å². The van der Waals surface area contributed by atoms with E-state index in [4.69, 9.17) is 19.7 Å². The summed E-state index contributed by atoms with van der Waals surface area (Å²) in [6, 6.07) is 0. The predicted octanol–water partition coefficient (Wildman–Crippen LogP) is -0.0559. The number of hydrogen-bond donors (Lipinski definition) is 2. The highest BCUT2D eigenvalue weighted by atomic mass is 16.6. The second-order valence-electron chi connectivity index (χ2n) is 5.75. The molecule has 8 atom stereocenters. The molecule has 4 nitrogen and oxygen atoms in total. The standard InChI is InChI=1S/C13H18O4/c14-4-8-12(16-8)10-6-1-2-7(3-6)11(10)13-9(5-15)17-13/h1-2,6-15H,3-5H2/t6-,7+,8-,9-,10-,11+,12-,13+/m0/s1. The van der Waals surface area contributed by atoms with Crippen LogP contribution in [-0.2, 0) is 9.47 Å². The molecule has 2 bridgehead atoms. The molecule has 2 N–H and O–H groups in total. The topological polar surface area (TPSA) is 65.5 Å². The molecular formula is C13H18O4. The van der Waals surface area contributed by atoms with Crippen molar-refractivity contribution in [2.45, 2.75) is 30.8 Å². The highest BCUT2D eigenvalue weighted by Crippen LogP contribution is 2.58. The molecule has 1 saturated carbocycles. The Balaban J connectivity index is 1.54. The zero-order chi connectivity index (χ0) is 11.6. The van der Waals surface area contributed by atoms with Gasteiger partial charge in [-0.05, 0) is 30.1 Å². The molecule has 94 valence electrons. The van der Waals surface area contributed by atoms with Crippen molar-refractivity contribution in [3.8, 4) is 0 Å². The molecule has 0 aromatic carbocycles. The normalized spacial score (nSPS) is 58.7. The van der Waals surface area contributed by atoms with Gasteiger partial charge in [-0.3, -0.25) is 0 Å². The van der Waals surface area contributed by atoms with E-state index in [1.165, 1.54) is 6.42 Å². The second kappa shape index (κ2) is 3.54. The van der Waals surface area contributed by atoms with Crippen LogP contribution in [0, 0.1) is 23.7 Å². The number of aliphatic hydroxyl groups is 2. The van der Waals surface area contributed by atoms with Gasteiger partial charge in [-0.15, -0.1) is 0 Å². The number of rotatable bonds is 4. The van der Waals surface area contributed by atoms with Crippen LogP contribution in [0.4, 0.5) is 0 Å². The Morgan fingerprint density at radius 2 is 1.35 bits per heavy atom. The quantitative estimate of drug-likeness (QED) is 0.532. The van der Waals surface area contributed by atoms with Crippen LogP contribution < -0.4 is 0 Å². The van der Waals surface area contributed by atoms with Gasteiger partial charge in [0.05, 0.1) is 25.4 Å². The first-order chi connectivity index (χ1) is 8.33. The van der Waals surface area contributed by atoms with Crippen LogP contribution in [0.5, 0.6) is 0 Å². The van der Waals surface area contributed by atoms with Crippen LogP contribution in [0.3, 0.4) is 0 Å². The third kappa shape index (κ3) is 1.45. The minimum absolute atomic E-state index is 0.0431. The van der Waals surface area contributed by atoms with E-state index in [2.05, 4.69) is 12.2 Å². The zero-order valence-corrected chi connectivity index (χ0v) is 9.61. The SMILES string of the molecule is OC[C@@H]1O[C@@H]1[C@@H]1[C@H]([C@@H]2O[C@H]2CO)[C@@H]2C=C[C@H]1C2. The lowest BCUT2D eigenvalue weighted by molar-refractivity contribution is 0.186. The smallest absolute Gasteiger partial charge is 0.107 e. The van der Waals surface area contributed by atoms with E-state index >= 15 is 0 Å². The first kappa shape index (κ1) is 10.5. The highest BCUT2D eigenvalue weighted by molar-refractivity contribution is 5.20. The summed E-state index contributed by atoms with van der Waals surface area (Å²) in [5.41, 5.74) is 0. The molecule has 0 amide bonds. The van der Waals surface area contributed by atoms with Crippen LogP contribution in [0.2, 0.25) is 0 Å². The lowest BCUT2D eigenvalue weighted by Gasteiger charge is -2.25. The summed E-state index contributed by atoms with van der Waals surface area (Å²) in [5, 5.41) is 18.3. The van der Waals surface area contributed by atoms with Gasteiger partial charge < -0.3 is 19.7 Å². The van der Waals surface area contributed by atoms with Crippen molar-refractivity contribution >= 4 is 0 Å². The van der Waals surface area contributed by atoms with Gasteiger partial charge in [0.15, 0.2) is 0 Å². The number of fused-ring (bicyclic) bond motifs is 2. The van der Waals surface area contributed by atoms with E-state index in [0.717, 1.165) is 0 Å². The van der Waals surface area contributed by atoms with Crippen molar-refractivity contribution in [1.82, 2.24) is 0 Å². The number of ether oxygens (including phenoxy) is 2. The average molecular weight is 238 g/mol. The van der Waals surface area contributed by atoms with Gasteiger partial charge in [0, 0.05) is 0 Å². The Hall–Kier alpha value is -0.420. The predicted molar refractivity (Wildman–Crippen MR) is 59.2 cm³/mol. The Labute approximate surface area is 100 Å². The molecule has 4 rings (SSSR count). The molecule has 3 fully saturated rings. The summed E-state index contributed by atoms with van der Waals surface area (Å²) in [4.78, 5) is 0. The molecule has 0 radical (unpaired) electrons. The fourth-order valence-corrected chi connectivity index (χ4v) is 4.11. The second-order valence-corrected chi connectivity index (χ2v) is 5.75. The fourth-order valence-electron chi connectivity index (χ4n) is 4.11. The molecular weight excluding hydrogens is 220 g/mol. The summed E-state index contributed by atoms with van der Waals surface area (Å²) < 4.78 is 11.2. The molecule has 17 heavy (non-hydrogen) atoms. The summed E-state index contributed by atoms with van der Waals surface area (Å²) in [7, 11) is 0. The number of allylic oxidation sites excluding steroid dienone is 2. The number of aliphatic hydroxyl groups excluding tert-OH is 2. The molecule has 0 aromatic rings. The molecule has 0 unspecified atom stereocenters. The molecule has 2 saturated heterocycles. The van der Waals surface area contributed by atoms with Gasteiger partial charge in [0.2, 0.25) is 0 Å². The van der Waals surface area contributed by atoms with E-state index < -0.39 is 0 Å². The van der Waals surface area contributed by atoms with E-state index in [1.807, 2.05) is 0 Å². The van der Waals surface area contributed by atoms with Crippen LogP contribution in [0.25, 0.3) is 0 Å². The van der Waals surface area contributed by atoms with Crippen molar-refractivity contribution in [1.29, 1.82) is 0 Å². The molecule has 2 aliphatic carbocycles. The molecule has 2 heterocycles. The summed E-state index contributed by atoms with van der Waals surface area (Å²) in [6.07, 6.45) is 6.33. The minimum atomic E-state index is 0.0431. The third-order valence-electron chi connectivity index (χ3n) is 4.95. The maximum atomic E-state index is 9.13. The van der Waals surface area contributed by atoms with Gasteiger partial charge >= 0.3 is 0 Å². The molecule has 2 aliphatic heterocycles. The largest absolute Gasteiger partial charge is 0.394 e. The Kier molecular flexibility index (Phi) is 2.19. The number of epoxide rings is 2. The lowest BCUT2D eigenvalue weighted by atomic mass is 9.77. The van der Waals surface area contributed by atoms with Crippen LogP contribution >= 0.6 is 0 Å². The average Bonchev–Trinajstić information content (AvgIpc) is 3.23. The fraction of sp³-hybridized carbons (Fsp3) is 0.846. The number of hydrogen-bond acceptors (Lipinski definition) is 4. The van der Waals surface area contributed by atoms with Crippen molar-refractivity contribution in [2.24, 2.45) is 23.7 Å². The van der Waals surface area contributed by atoms with Crippen molar-refractivity contribution < 1.29 is 19.7 Å². The summed E-state index contributed by atoms with van der Waals surface area (Å²) >= 11 is 0.